The second-order valence-electron chi connectivity index (χ2n) is 7.06. The standard InChI is InChI=1S/C22H21N3O3/c1-15-19(16(2)28-24-15)14-25-20(26)22(23-21(25)27,18-11-7-4-8-12-18)13-17-9-5-3-6-10-17/h3-12H,13-14H2,1-2H3,(H,23,27)/t22-/m1/s1. The largest absolute Gasteiger partial charge is 0.361 e. The van der Waals surface area contributed by atoms with Crippen molar-refractivity contribution < 1.29 is 14.1 Å². The molecule has 1 N–H and O–H groups in total. The Balaban J connectivity index is 1.74. The van der Waals surface area contributed by atoms with E-state index >= 15 is 0 Å². The highest BCUT2D eigenvalue weighted by atomic mass is 16.5. The van der Waals surface area contributed by atoms with Gasteiger partial charge in [-0.15, -0.1) is 0 Å². The minimum atomic E-state index is -1.14. The van der Waals surface area contributed by atoms with Crippen molar-refractivity contribution in [1.29, 1.82) is 0 Å². The molecule has 3 amide bonds. The maximum atomic E-state index is 13.6. The molecule has 1 fully saturated rings. The van der Waals surface area contributed by atoms with E-state index in [-0.39, 0.29) is 12.5 Å². The van der Waals surface area contributed by atoms with E-state index in [9.17, 15) is 9.59 Å². The number of urea groups is 1. The van der Waals surface area contributed by atoms with E-state index in [4.69, 9.17) is 4.52 Å². The Morgan fingerprint density at radius 2 is 1.64 bits per heavy atom. The van der Waals surface area contributed by atoms with Gasteiger partial charge in [0, 0.05) is 12.0 Å². The fourth-order valence-corrected chi connectivity index (χ4v) is 3.70. The first-order valence-corrected chi connectivity index (χ1v) is 9.16. The van der Waals surface area contributed by atoms with Crippen LogP contribution in [0.4, 0.5) is 4.79 Å². The van der Waals surface area contributed by atoms with E-state index < -0.39 is 11.6 Å². The van der Waals surface area contributed by atoms with Gasteiger partial charge in [0.1, 0.15) is 5.76 Å². The lowest BCUT2D eigenvalue weighted by atomic mass is 9.83. The van der Waals surface area contributed by atoms with Crippen LogP contribution in [0.15, 0.2) is 65.2 Å². The van der Waals surface area contributed by atoms with E-state index in [1.807, 2.05) is 60.7 Å². The Hall–Kier alpha value is -3.41. The fraction of sp³-hybridized carbons (Fsp3) is 0.227. The number of carbonyl (C=O) groups is 2. The molecule has 0 bridgehead atoms. The highest BCUT2D eigenvalue weighted by Gasteiger charge is 2.52. The number of hydrogen-bond donors (Lipinski definition) is 1. The van der Waals surface area contributed by atoms with Crippen LogP contribution in [0.1, 0.15) is 28.1 Å². The van der Waals surface area contributed by atoms with Crippen LogP contribution in [0.3, 0.4) is 0 Å². The van der Waals surface area contributed by atoms with E-state index in [0.29, 0.717) is 17.9 Å². The SMILES string of the molecule is Cc1noc(C)c1CN1C(=O)N[C@](Cc2ccccc2)(c2ccccc2)C1=O. The van der Waals surface area contributed by atoms with Crippen molar-refractivity contribution in [2.45, 2.75) is 32.4 Å². The molecule has 4 rings (SSSR count). The molecule has 1 atom stereocenters. The molecule has 0 saturated carbocycles. The van der Waals surface area contributed by atoms with Crippen LogP contribution < -0.4 is 5.32 Å². The summed E-state index contributed by atoms with van der Waals surface area (Å²) in [4.78, 5) is 27.7. The third-order valence-electron chi connectivity index (χ3n) is 5.25. The van der Waals surface area contributed by atoms with E-state index in [1.165, 1.54) is 4.90 Å². The molecule has 1 aromatic heterocycles. The number of aryl methyl sites for hydroxylation is 2. The van der Waals surface area contributed by atoms with Crippen LogP contribution in [-0.2, 0) is 23.3 Å². The number of nitrogens with one attached hydrogen (secondary N) is 1. The zero-order chi connectivity index (χ0) is 19.7. The quantitative estimate of drug-likeness (QED) is 0.693. The Morgan fingerprint density at radius 3 is 2.25 bits per heavy atom. The Bertz CT molecular complexity index is 995. The monoisotopic (exact) mass is 375 g/mol. The molecule has 142 valence electrons. The van der Waals surface area contributed by atoms with Crippen molar-refractivity contribution >= 4 is 11.9 Å². The smallest absolute Gasteiger partial charge is 0.325 e. The average molecular weight is 375 g/mol. The highest BCUT2D eigenvalue weighted by Crippen LogP contribution is 2.34. The molecule has 2 heterocycles. The molecule has 1 saturated heterocycles. The first-order valence-electron chi connectivity index (χ1n) is 9.16. The Morgan fingerprint density at radius 1 is 1.00 bits per heavy atom. The summed E-state index contributed by atoms with van der Waals surface area (Å²) in [5, 5.41) is 6.90. The molecule has 0 spiro atoms. The van der Waals surface area contributed by atoms with Crippen molar-refractivity contribution in [1.82, 2.24) is 15.4 Å². The van der Waals surface area contributed by atoms with E-state index in [0.717, 1.165) is 16.7 Å². The van der Waals surface area contributed by atoms with Gasteiger partial charge in [-0.05, 0) is 25.0 Å². The number of benzene rings is 2. The first kappa shape index (κ1) is 18.0. The van der Waals surface area contributed by atoms with Crippen molar-refractivity contribution in [3.8, 4) is 0 Å². The van der Waals surface area contributed by atoms with Gasteiger partial charge in [0.05, 0.1) is 12.2 Å². The number of amides is 3. The van der Waals surface area contributed by atoms with Crippen LogP contribution in [0.2, 0.25) is 0 Å². The number of imide groups is 1. The van der Waals surface area contributed by atoms with Crippen molar-refractivity contribution in [3.05, 3.63) is 88.8 Å². The summed E-state index contributed by atoms with van der Waals surface area (Å²) < 4.78 is 5.19. The van der Waals surface area contributed by atoms with Gasteiger partial charge in [-0.3, -0.25) is 9.69 Å². The number of nitrogens with zero attached hydrogens (tertiary/aromatic N) is 2. The van der Waals surface area contributed by atoms with Crippen molar-refractivity contribution in [2.75, 3.05) is 0 Å². The zero-order valence-corrected chi connectivity index (χ0v) is 15.8. The summed E-state index contributed by atoms with van der Waals surface area (Å²) in [6.45, 7) is 3.72. The number of aromatic nitrogens is 1. The molecule has 0 unspecified atom stereocenters. The first-order chi connectivity index (χ1) is 13.5. The maximum absolute atomic E-state index is 13.6. The molecule has 6 nitrogen and oxygen atoms in total. The molecule has 1 aliphatic rings. The highest BCUT2D eigenvalue weighted by molar-refractivity contribution is 6.07. The van der Waals surface area contributed by atoms with E-state index in [1.54, 1.807) is 13.8 Å². The molecule has 0 aliphatic carbocycles. The summed E-state index contributed by atoms with van der Waals surface area (Å²) in [5.74, 6) is 0.339. The molecule has 1 aliphatic heterocycles. The predicted octanol–water partition coefficient (Wildman–Crippen LogP) is 3.48. The summed E-state index contributed by atoms with van der Waals surface area (Å²) in [6, 6.07) is 18.7. The molecule has 6 heteroatoms. The summed E-state index contributed by atoms with van der Waals surface area (Å²) in [7, 11) is 0. The summed E-state index contributed by atoms with van der Waals surface area (Å²) in [5.41, 5.74) is 2.03. The molecular weight excluding hydrogens is 354 g/mol. The predicted molar refractivity (Wildman–Crippen MR) is 103 cm³/mol. The topological polar surface area (TPSA) is 75.4 Å². The van der Waals surface area contributed by atoms with Gasteiger partial charge in [-0.2, -0.15) is 0 Å². The third-order valence-corrected chi connectivity index (χ3v) is 5.25. The molecule has 0 radical (unpaired) electrons. The number of hydrogen-bond acceptors (Lipinski definition) is 4. The van der Waals surface area contributed by atoms with Gasteiger partial charge < -0.3 is 9.84 Å². The minimum Gasteiger partial charge on any atom is -0.361 e. The normalized spacial score (nSPS) is 19.1. The molecular formula is C22H21N3O3. The summed E-state index contributed by atoms with van der Waals surface area (Å²) >= 11 is 0. The lowest BCUT2D eigenvalue weighted by Crippen LogP contribution is -2.46. The average Bonchev–Trinajstić information content (AvgIpc) is 3.15. The van der Waals surface area contributed by atoms with Gasteiger partial charge in [0.2, 0.25) is 0 Å². The van der Waals surface area contributed by atoms with Gasteiger partial charge in [-0.25, -0.2) is 4.79 Å². The lowest BCUT2D eigenvalue weighted by molar-refractivity contribution is -0.132. The second-order valence-corrected chi connectivity index (χ2v) is 7.06. The van der Waals surface area contributed by atoms with Crippen molar-refractivity contribution in [2.24, 2.45) is 0 Å². The van der Waals surface area contributed by atoms with Crippen molar-refractivity contribution in [3.63, 3.8) is 0 Å². The van der Waals surface area contributed by atoms with Gasteiger partial charge >= 0.3 is 6.03 Å². The number of rotatable bonds is 5. The third kappa shape index (κ3) is 2.97. The fourth-order valence-electron chi connectivity index (χ4n) is 3.70. The molecule has 2 aromatic carbocycles. The van der Waals surface area contributed by atoms with Gasteiger partial charge in [0.15, 0.2) is 5.54 Å². The molecule has 28 heavy (non-hydrogen) atoms. The molecule has 3 aromatic rings. The Labute approximate surface area is 163 Å². The van der Waals surface area contributed by atoms with Gasteiger partial charge in [0.25, 0.3) is 5.91 Å². The number of carbonyl (C=O) groups excluding carboxylic acids is 2. The Kier molecular flexibility index (Phi) is 4.47. The summed E-state index contributed by atoms with van der Waals surface area (Å²) in [6.07, 6.45) is 0.376. The van der Waals surface area contributed by atoms with E-state index in [2.05, 4.69) is 10.5 Å². The van der Waals surface area contributed by atoms with Gasteiger partial charge in [-0.1, -0.05) is 65.8 Å². The second kappa shape index (κ2) is 6.96. The van der Waals surface area contributed by atoms with Crippen LogP contribution in [-0.4, -0.2) is 22.0 Å². The van der Waals surface area contributed by atoms with Crippen LogP contribution in [0.25, 0.3) is 0 Å². The zero-order valence-electron chi connectivity index (χ0n) is 15.8. The minimum absolute atomic E-state index is 0.134. The van der Waals surface area contributed by atoms with Crippen LogP contribution >= 0.6 is 0 Å². The van der Waals surface area contributed by atoms with Crippen LogP contribution in [0.5, 0.6) is 0 Å². The van der Waals surface area contributed by atoms with Crippen LogP contribution in [0, 0.1) is 13.8 Å². The lowest BCUT2D eigenvalue weighted by Gasteiger charge is -2.27. The maximum Gasteiger partial charge on any atom is 0.325 e.